The molecule has 1 aromatic carbocycles. The third-order valence-electron chi connectivity index (χ3n) is 3.93. The van der Waals surface area contributed by atoms with Gasteiger partial charge in [0.2, 0.25) is 0 Å². The van der Waals surface area contributed by atoms with Crippen molar-refractivity contribution in [1.82, 2.24) is 15.3 Å². The molecule has 126 valence electrons. The molecule has 8 heteroatoms. The van der Waals surface area contributed by atoms with Crippen LogP contribution in [0.25, 0.3) is 10.9 Å². The number of nitrogens with one attached hydrogen (secondary N) is 2. The van der Waals surface area contributed by atoms with Gasteiger partial charge in [0.05, 0.1) is 12.6 Å². The molecular formula is C16H18N4O3S. The summed E-state index contributed by atoms with van der Waals surface area (Å²) in [7, 11) is 3.17. The Labute approximate surface area is 143 Å². The number of amides is 1. The number of hydrogen-bond donors (Lipinski definition) is 2. The molecule has 1 amide bonds. The molecule has 2 heterocycles. The Bertz CT molecular complexity index is 783. The highest BCUT2D eigenvalue weighted by molar-refractivity contribution is 8.00. The van der Waals surface area contributed by atoms with Gasteiger partial charge in [-0.1, -0.05) is 0 Å². The number of rotatable bonds is 4. The summed E-state index contributed by atoms with van der Waals surface area (Å²) in [5.74, 6) is 1.02. The minimum absolute atomic E-state index is 0.0411. The summed E-state index contributed by atoms with van der Waals surface area (Å²) in [4.78, 5) is 32.4. The number of benzene rings is 1. The van der Waals surface area contributed by atoms with Crippen LogP contribution in [0.15, 0.2) is 24.5 Å². The van der Waals surface area contributed by atoms with Crippen LogP contribution in [0.5, 0.6) is 0 Å². The smallest absolute Gasteiger partial charge is 0.318 e. The van der Waals surface area contributed by atoms with Gasteiger partial charge >= 0.3 is 5.97 Å². The van der Waals surface area contributed by atoms with E-state index >= 15 is 0 Å². The Balaban J connectivity index is 1.72. The summed E-state index contributed by atoms with van der Waals surface area (Å²) in [6.07, 6.45) is 2.05. The summed E-state index contributed by atoms with van der Waals surface area (Å²) in [6.45, 7) is 0. The molecule has 7 nitrogen and oxygen atoms in total. The van der Waals surface area contributed by atoms with Crippen molar-refractivity contribution in [2.24, 2.45) is 0 Å². The van der Waals surface area contributed by atoms with E-state index in [-0.39, 0.29) is 23.2 Å². The highest BCUT2D eigenvalue weighted by atomic mass is 32.2. The molecular weight excluding hydrogens is 328 g/mol. The first-order chi connectivity index (χ1) is 11.6. The molecule has 1 fully saturated rings. The van der Waals surface area contributed by atoms with Crippen LogP contribution in [0.3, 0.4) is 0 Å². The van der Waals surface area contributed by atoms with Crippen molar-refractivity contribution in [2.45, 2.75) is 17.7 Å². The SMILES string of the molecule is CNc1ncnc2cc(C(=O)N[C@@H]3CS[C@H](C(=O)OC)C3)ccc12. The number of thioether (sulfide) groups is 1. The van der Waals surface area contributed by atoms with Gasteiger partial charge < -0.3 is 15.4 Å². The fourth-order valence-corrected chi connectivity index (χ4v) is 3.97. The average Bonchev–Trinajstić information content (AvgIpc) is 3.08. The third-order valence-corrected chi connectivity index (χ3v) is 5.31. The number of ether oxygens (including phenoxy) is 1. The van der Waals surface area contributed by atoms with E-state index in [0.29, 0.717) is 23.3 Å². The molecule has 24 heavy (non-hydrogen) atoms. The van der Waals surface area contributed by atoms with Gasteiger partial charge in [-0.2, -0.15) is 0 Å². The Morgan fingerprint density at radius 2 is 2.17 bits per heavy atom. The number of anilines is 1. The van der Waals surface area contributed by atoms with E-state index < -0.39 is 0 Å². The van der Waals surface area contributed by atoms with Crippen molar-refractivity contribution in [1.29, 1.82) is 0 Å². The number of fused-ring (bicyclic) bond motifs is 1. The Morgan fingerprint density at radius 3 is 2.92 bits per heavy atom. The highest BCUT2D eigenvalue weighted by Crippen LogP contribution is 2.28. The maximum absolute atomic E-state index is 12.4. The molecule has 0 bridgehead atoms. The summed E-state index contributed by atoms with van der Waals surface area (Å²) < 4.78 is 4.75. The van der Waals surface area contributed by atoms with Gasteiger partial charge in [0, 0.05) is 29.8 Å². The van der Waals surface area contributed by atoms with Crippen LogP contribution in [0.4, 0.5) is 5.82 Å². The lowest BCUT2D eigenvalue weighted by molar-refractivity contribution is -0.140. The molecule has 2 atom stereocenters. The van der Waals surface area contributed by atoms with Crippen LogP contribution in [0.2, 0.25) is 0 Å². The van der Waals surface area contributed by atoms with Gasteiger partial charge in [0.1, 0.15) is 17.4 Å². The fourth-order valence-electron chi connectivity index (χ4n) is 2.69. The van der Waals surface area contributed by atoms with Crippen molar-refractivity contribution >= 4 is 40.4 Å². The number of hydrogen-bond acceptors (Lipinski definition) is 7. The van der Waals surface area contributed by atoms with Gasteiger partial charge in [-0.3, -0.25) is 9.59 Å². The van der Waals surface area contributed by atoms with E-state index in [4.69, 9.17) is 4.74 Å². The number of carbonyl (C=O) groups excluding carboxylic acids is 2. The van der Waals surface area contributed by atoms with Crippen molar-refractivity contribution < 1.29 is 14.3 Å². The lowest BCUT2D eigenvalue weighted by atomic mass is 10.1. The predicted molar refractivity (Wildman–Crippen MR) is 93.2 cm³/mol. The summed E-state index contributed by atoms with van der Waals surface area (Å²) >= 11 is 1.51. The Hall–Kier alpha value is -2.35. The largest absolute Gasteiger partial charge is 0.468 e. The molecule has 0 unspecified atom stereocenters. The van der Waals surface area contributed by atoms with Crippen LogP contribution >= 0.6 is 11.8 Å². The standard InChI is InChI=1S/C16H18N4O3S/c1-17-14-11-4-3-9(5-12(11)18-8-19-14)15(21)20-10-6-13(24-7-10)16(22)23-2/h3-5,8,10,13H,6-7H2,1-2H3,(H,20,21)(H,17,18,19)/t10-,13-/m0/s1. The Kier molecular flexibility index (Phi) is 4.84. The predicted octanol–water partition coefficient (Wildman–Crippen LogP) is 1.45. The topological polar surface area (TPSA) is 93.2 Å². The number of aromatic nitrogens is 2. The van der Waals surface area contributed by atoms with E-state index in [1.165, 1.54) is 25.2 Å². The first kappa shape index (κ1) is 16.5. The third kappa shape index (κ3) is 3.28. The monoisotopic (exact) mass is 346 g/mol. The highest BCUT2D eigenvalue weighted by Gasteiger charge is 2.32. The molecule has 1 aromatic heterocycles. The normalized spacial score (nSPS) is 19.9. The van der Waals surface area contributed by atoms with Crippen molar-refractivity contribution in [3.8, 4) is 0 Å². The van der Waals surface area contributed by atoms with E-state index in [1.54, 1.807) is 19.2 Å². The second-order valence-corrected chi connectivity index (χ2v) is 6.69. The van der Waals surface area contributed by atoms with Gasteiger partial charge in [-0.05, 0) is 24.6 Å². The van der Waals surface area contributed by atoms with Crippen molar-refractivity contribution in [2.75, 3.05) is 25.2 Å². The molecule has 1 aliphatic rings. The molecule has 0 aliphatic carbocycles. The first-order valence-electron chi connectivity index (χ1n) is 7.55. The molecule has 0 saturated carbocycles. The summed E-state index contributed by atoms with van der Waals surface area (Å²) in [5.41, 5.74) is 1.24. The van der Waals surface area contributed by atoms with Crippen molar-refractivity contribution in [3.63, 3.8) is 0 Å². The number of methoxy groups -OCH3 is 1. The second kappa shape index (κ2) is 7.04. The van der Waals surface area contributed by atoms with E-state index in [1.807, 2.05) is 6.07 Å². The number of nitrogens with zero attached hydrogens (tertiary/aromatic N) is 2. The molecule has 2 aromatic rings. The molecule has 1 saturated heterocycles. The Morgan fingerprint density at radius 1 is 1.33 bits per heavy atom. The summed E-state index contributed by atoms with van der Waals surface area (Å²) in [5, 5.41) is 6.63. The maximum Gasteiger partial charge on any atom is 0.318 e. The molecule has 0 radical (unpaired) electrons. The first-order valence-corrected chi connectivity index (χ1v) is 8.60. The zero-order chi connectivity index (χ0) is 17.1. The van der Waals surface area contributed by atoms with Gasteiger partial charge in [-0.25, -0.2) is 9.97 Å². The zero-order valence-corrected chi connectivity index (χ0v) is 14.2. The lowest BCUT2D eigenvalue weighted by Gasteiger charge is -2.12. The van der Waals surface area contributed by atoms with Crippen LogP contribution < -0.4 is 10.6 Å². The lowest BCUT2D eigenvalue weighted by Crippen LogP contribution is -2.35. The number of esters is 1. The van der Waals surface area contributed by atoms with E-state index in [2.05, 4.69) is 20.6 Å². The minimum atomic E-state index is -0.237. The number of carbonyl (C=O) groups is 2. The zero-order valence-electron chi connectivity index (χ0n) is 13.4. The van der Waals surface area contributed by atoms with Crippen LogP contribution in [0.1, 0.15) is 16.8 Å². The van der Waals surface area contributed by atoms with E-state index in [9.17, 15) is 9.59 Å². The maximum atomic E-state index is 12.4. The molecule has 0 spiro atoms. The van der Waals surface area contributed by atoms with E-state index in [0.717, 1.165) is 11.2 Å². The van der Waals surface area contributed by atoms with Crippen LogP contribution in [0, 0.1) is 0 Å². The quantitative estimate of drug-likeness (QED) is 0.809. The molecule has 1 aliphatic heterocycles. The van der Waals surface area contributed by atoms with Crippen LogP contribution in [-0.4, -0.2) is 53.0 Å². The fraction of sp³-hybridized carbons (Fsp3) is 0.375. The van der Waals surface area contributed by atoms with Gasteiger partial charge in [0.15, 0.2) is 0 Å². The van der Waals surface area contributed by atoms with Gasteiger partial charge in [-0.15, -0.1) is 11.8 Å². The molecule has 2 N–H and O–H groups in total. The molecule has 3 rings (SSSR count). The summed E-state index contributed by atoms with van der Waals surface area (Å²) in [6, 6.07) is 5.28. The van der Waals surface area contributed by atoms with Crippen molar-refractivity contribution in [3.05, 3.63) is 30.1 Å². The minimum Gasteiger partial charge on any atom is -0.468 e. The average molecular weight is 346 g/mol. The van der Waals surface area contributed by atoms with Gasteiger partial charge in [0.25, 0.3) is 5.91 Å². The second-order valence-electron chi connectivity index (χ2n) is 5.46. The van der Waals surface area contributed by atoms with Crippen LogP contribution in [-0.2, 0) is 9.53 Å².